The lowest BCUT2D eigenvalue weighted by Gasteiger charge is -2.11. The van der Waals surface area contributed by atoms with Crippen LogP contribution in [0.3, 0.4) is 0 Å². The van der Waals surface area contributed by atoms with Crippen LogP contribution in [-0.2, 0) is 0 Å². The molecule has 0 fully saturated rings. The molecule has 0 aliphatic carbocycles. The van der Waals surface area contributed by atoms with Crippen molar-refractivity contribution in [2.45, 2.75) is 6.36 Å². The second-order valence-corrected chi connectivity index (χ2v) is 3.60. The smallest absolute Gasteiger partial charge is 0.404 e. The Balaban J connectivity index is 2.96. The highest BCUT2D eigenvalue weighted by Crippen LogP contribution is 2.32. The van der Waals surface area contributed by atoms with Crippen molar-refractivity contribution in [3.63, 3.8) is 0 Å². The normalized spacial score (nSPS) is 11.3. The van der Waals surface area contributed by atoms with E-state index in [1.54, 1.807) is 0 Å². The molecule has 0 aromatic heterocycles. The lowest BCUT2D eigenvalue weighted by Crippen LogP contribution is -2.17. The van der Waals surface area contributed by atoms with E-state index in [0.717, 1.165) is 6.07 Å². The number of rotatable bonds is 3. The topological polar surface area (TPSA) is 9.23 Å². The number of benzene rings is 1. The van der Waals surface area contributed by atoms with Gasteiger partial charge in [0.05, 0.1) is 5.02 Å². The number of halogens is 5. The minimum absolute atomic E-state index is 0.138. The van der Waals surface area contributed by atoms with Crippen molar-refractivity contribution < 1.29 is 17.9 Å². The first-order valence-corrected chi connectivity index (χ1v) is 5.04. The van der Waals surface area contributed by atoms with Crippen LogP contribution in [0, 0.1) is 0 Å². The van der Waals surface area contributed by atoms with Gasteiger partial charge in [0.1, 0.15) is 5.75 Å². The average molecular weight is 271 g/mol. The van der Waals surface area contributed by atoms with Gasteiger partial charge in [-0.15, -0.1) is 24.8 Å². The molecule has 0 bridgehead atoms. The Hall–Kier alpha value is -0.870. The van der Waals surface area contributed by atoms with Crippen LogP contribution >= 0.6 is 23.2 Å². The van der Waals surface area contributed by atoms with Crippen LogP contribution in [0.15, 0.2) is 24.8 Å². The van der Waals surface area contributed by atoms with Gasteiger partial charge in [0, 0.05) is 5.88 Å². The SMILES string of the molecule is C=C(CCl)c1ccc(OC(F)(F)F)c(Cl)c1. The summed E-state index contributed by atoms with van der Waals surface area (Å²) in [6.07, 6.45) is -4.76. The quantitative estimate of drug-likeness (QED) is 0.736. The van der Waals surface area contributed by atoms with Crippen LogP contribution in [0.4, 0.5) is 13.2 Å². The van der Waals surface area contributed by atoms with E-state index in [4.69, 9.17) is 23.2 Å². The Morgan fingerprint density at radius 1 is 1.38 bits per heavy atom. The maximum atomic E-state index is 11.9. The Labute approximate surface area is 100 Å². The van der Waals surface area contributed by atoms with Gasteiger partial charge in [-0.3, -0.25) is 0 Å². The van der Waals surface area contributed by atoms with Gasteiger partial charge >= 0.3 is 6.36 Å². The van der Waals surface area contributed by atoms with E-state index in [9.17, 15) is 13.2 Å². The predicted octanol–water partition coefficient (Wildman–Crippen LogP) is 4.49. The van der Waals surface area contributed by atoms with Gasteiger partial charge < -0.3 is 4.74 Å². The van der Waals surface area contributed by atoms with Crippen LogP contribution in [-0.4, -0.2) is 12.2 Å². The lowest BCUT2D eigenvalue weighted by molar-refractivity contribution is -0.274. The van der Waals surface area contributed by atoms with Crippen LogP contribution in [0.25, 0.3) is 5.57 Å². The van der Waals surface area contributed by atoms with E-state index in [0.29, 0.717) is 11.1 Å². The second kappa shape index (κ2) is 4.97. The molecule has 0 saturated carbocycles. The zero-order valence-electron chi connectivity index (χ0n) is 7.94. The summed E-state index contributed by atoms with van der Waals surface area (Å²) < 4.78 is 39.5. The Kier molecular flexibility index (Phi) is 4.10. The summed E-state index contributed by atoms with van der Waals surface area (Å²) in [6.45, 7) is 3.64. The number of alkyl halides is 4. The first-order chi connectivity index (χ1) is 7.33. The number of hydrogen-bond donors (Lipinski definition) is 0. The molecule has 0 unspecified atom stereocenters. The molecule has 88 valence electrons. The van der Waals surface area contributed by atoms with Gasteiger partial charge in [-0.05, 0) is 23.3 Å². The number of ether oxygens (including phenoxy) is 1. The van der Waals surface area contributed by atoms with Crippen LogP contribution in [0.5, 0.6) is 5.75 Å². The maximum Gasteiger partial charge on any atom is 0.573 e. The summed E-state index contributed by atoms with van der Waals surface area (Å²) in [4.78, 5) is 0. The third-order valence-corrected chi connectivity index (χ3v) is 2.35. The van der Waals surface area contributed by atoms with E-state index in [-0.39, 0.29) is 10.9 Å². The molecule has 0 radical (unpaired) electrons. The van der Waals surface area contributed by atoms with E-state index < -0.39 is 12.1 Å². The highest BCUT2D eigenvalue weighted by molar-refractivity contribution is 6.32. The Bertz CT molecular complexity index is 402. The molecule has 1 aromatic rings. The van der Waals surface area contributed by atoms with Crippen molar-refractivity contribution in [1.82, 2.24) is 0 Å². The monoisotopic (exact) mass is 270 g/mol. The van der Waals surface area contributed by atoms with E-state index in [1.807, 2.05) is 0 Å². The average Bonchev–Trinajstić information content (AvgIpc) is 2.18. The largest absolute Gasteiger partial charge is 0.573 e. The zero-order chi connectivity index (χ0) is 12.3. The zero-order valence-corrected chi connectivity index (χ0v) is 9.46. The highest BCUT2D eigenvalue weighted by atomic mass is 35.5. The molecule has 0 amide bonds. The summed E-state index contributed by atoms with van der Waals surface area (Å²) in [5.41, 5.74) is 1.15. The number of hydrogen-bond acceptors (Lipinski definition) is 1. The fourth-order valence-corrected chi connectivity index (χ4v) is 1.38. The first kappa shape index (κ1) is 13.2. The Morgan fingerprint density at radius 2 is 2.00 bits per heavy atom. The van der Waals surface area contributed by atoms with Crippen molar-refractivity contribution in [2.24, 2.45) is 0 Å². The molecule has 16 heavy (non-hydrogen) atoms. The number of allylic oxidation sites excluding steroid dienone is 1. The fraction of sp³-hybridized carbons (Fsp3) is 0.200. The van der Waals surface area contributed by atoms with Crippen molar-refractivity contribution >= 4 is 28.8 Å². The molecule has 0 N–H and O–H groups in total. The van der Waals surface area contributed by atoms with Gasteiger partial charge in [0.25, 0.3) is 0 Å². The summed E-state index contributed by atoms with van der Waals surface area (Å²) in [5, 5.41) is -0.138. The van der Waals surface area contributed by atoms with E-state index in [2.05, 4.69) is 11.3 Å². The summed E-state index contributed by atoms with van der Waals surface area (Å²) in [7, 11) is 0. The van der Waals surface area contributed by atoms with Crippen molar-refractivity contribution in [2.75, 3.05) is 5.88 Å². The summed E-state index contributed by atoms with van der Waals surface area (Å²) in [6, 6.07) is 3.87. The van der Waals surface area contributed by atoms with Crippen molar-refractivity contribution in [3.8, 4) is 5.75 Å². The molecule has 0 saturated heterocycles. The van der Waals surface area contributed by atoms with Crippen LogP contribution in [0.1, 0.15) is 5.56 Å². The third-order valence-electron chi connectivity index (χ3n) is 1.73. The summed E-state index contributed by atoms with van der Waals surface area (Å²) >= 11 is 11.2. The molecule has 1 rings (SSSR count). The van der Waals surface area contributed by atoms with Crippen LogP contribution < -0.4 is 4.74 Å². The third kappa shape index (κ3) is 3.61. The fourth-order valence-electron chi connectivity index (χ4n) is 1.01. The van der Waals surface area contributed by atoms with Crippen LogP contribution in [0.2, 0.25) is 5.02 Å². The minimum Gasteiger partial charge on any atom is -0.404 e. The molecule has 0 aliphatic heterocycles. The standard InChI is InChI=1S/C10H7Cl2F3O/c1-6(5-11)7-2-3-9(8(12)4-7)16-10(13,14)15/h2-4H,1,5H2. The van der Waals surface area contributed by atoms with Gasteiger partial charge in [0.2, 0.25) is 0 Å². The van der Waals surface area contributed by atoms with Gasteiger partial charge in [-0.1, -0.05) is 24.2 Å². The molecule has 1 nitrogen and oxygen atoms in total. The Morgan fingerprint density at radius 3 is 2.44 bits per heavy atom. The molecular formula is C10H7Cl2F3O. The maximum absolute atomic E-state index is 11.9. The van der Waals surface area contributed by atoms with Crippen molar-refractivity contribution in [1.29, 1.82) is 0 Å². The minimum atomic E-state index is -4.76. The van der Waals surface area contributed by atoms with Gasteiger partial charge in [-0.2, -0.15) is 0 Å². The molecule has 0 aliphatic rings. The molecule has 6 heteroatoms. The van der Waals surface area contributed by atoms with Gasteiger partial charge in [-0.25, -0.2) is 0 Å². The van der Waals surface area contributed by atoms with E-state index in [1.165, 1.54) is 12.1 Å². The highest BCUT2D eigenvalue weighted by Gasteiger charge is 2.32. The lowest BCUT2D eigenvalue weighted by atomic mass is 10.1. The molecular weight excluding hydrogens is 264 g/mol. The van der Waals surface area contributed by atoms with E-state index >= 15 is 0 Å². The molecule has 0 heterocycles. The summed E-state index contributed by atoms with van der Waals surface area (Å²) in [5.74, 6) is -0.268. The first-order valence-electron chi connectivity index (χ1n) is 4.13. The second-order valence-electron chi connectivity index (χ2n) is 2.93. The molecule has 0 spiro atoms. The molecule has 0 atom stereocenters. The van der Waals surface area contributed by atoms with Crippen molar-refractivity contribution in [3.05, 3.63) is 35.4 Å². The predicted molar refractivity (Wildman–Crippen MR) is 57.9 cm³/mol. The van der Waals surface area contributed by atoms with Gasteiger partial charge in [0.15, 0.2) is 0 Å². The molecule has 1 aromatic carbocycles.